The first kappa shape index (κ1) is 16.2. The lowest BCUT2D eigenvalue weighted by molar-refractivity contribution is 0.565. The summed E-state index contributed by atoms with van der Waals surface area (Å²) in [5, 5.41) is 0. The predicted octanol–water partition coefficient (Wildman–Crippen LogP) is 4.69. The summed E-state index contributed by atoms with van der Waals surface area (Å²) >= 11 is 1.95. The number of benzene rings is 2. The molecule has 0 radical (unpaired) electrons. The number of rotatable bonds is 6. The Morgan fingerprint density at radius 2 is 1.52 bits per heavy atom. The van der Waals surface area contributed by atoms with E-state index in [2.05, 4.69) is 47.0 Å². The minimum atomic E-state index is 0.0115. The van der Waals surface area contributed by atoms with E-state index >= 15 is 0 Å². The number of hydrogen-bond donors (Lipinski definition) is 2. The Morgan fingerprint density at radius 3 is 2.20 bits per heavy atom. The van der Waals surface area contributed by atoms with Crippen LogP contribution in [0.2, 0.25) is 0 Å². The molecular weight excluding hydrogens is 328 g/mol. The topological polar surface area (TPSA) is 57.4 Å². The van der Waals surface area contributed by atoms with Gasteiger partial charge in [0, 0.05) is 23.3 Å². The second-order valence-corrected chi connectivity index (χ2v) is 8.09. The smallest absolute Gasteiger partial charge is 0.113 e. The number of thioether (sulfide) groups is 1. The summed E-state index contributed by atoms with van der Waals surface area (Å²) < 4.78 is 0. The zero-order valence-corrected chi connectivity index (χ0v) is 15.4. The van der Waals surface area contributed by atoms with Gasteiger partial charge in [0.2, 0.25) is 0 Å². The Labute approximate surface area is 151 Å². The lowest BCUT2D eigenvalue weighted by Gasteiger charge is -2.21. The number of nitrogens with zero attached hydrogens (tertiary/aromatic N) is 2. The summed E-state index contributed by atoms with van der Waals surface area (Å²) in [6.07, 6.45) is 0.954. The van der Waals surface area contributed by atoms with Crippen molar-refractivity contribution in [1.29, 1.82) is 0 Å². The molecule has 0 bridgehead atoms. The summed E-state index contributed by atoms with van der Waals surface area (Å²) in [6, 6.07) is 16.4. The Hall–Kier alpha value is -2.27. The Bertz CT molecular complexity index is 933. The van der Waals surface area contributed by atoms with Gasteiger partial charge in [-0.15, -0.1) is 0 Å². The van der Waals surface area contributed by atoms with Crippen molar-refractivity contribution in [2.24, 2.45) is 0 Å². The van der Waals surface area contributed by atoms with Crippen LogP contribution in [-0.4, -0.2) is 31.4 Å². The third-order valence-corrected chi connectivity index (χ3v) is 5.83. The van der Waals surface area contributed by atoms with E-state index in [0.29, 0.717) is 0 Å². The van der Waals surface area contributed by atoms with E-state index in [-0.39, 0.29) is 5.41 Å². The molecule has 4 nitrogen and oxygen atoms in total. The highest BCUT2D eigenvalue weighted by Gasteiger charge is 2.24. The van der Waals surface area contributed by atoms with Gasteiger partial charge in [0.15, 0.2) is 0 Å². The summed E-state index contributed by atoms with van der Waals surface area (Å²) in [5.41, 5.74) is 4.32. The van der Waals surface area contributed by atoms with Crippen molar-refractivity contribution in [3.63, 3.8) is 0 Å². The Balaban J connectivity index is 1.36. The molecular formula is C20H22N4S. The first-order valence-corrected chi connectivity index (χ1v) is 9.74. The zero-order valence-electron chi connectivity index (χ0n) is 14.5. The molecule has 0 saturated heterocycles. The molecule has 2 aromatic heterocycles. The minimum absolute atomic E-state index is 0.0115. The molecule has 2 aromatic carbocycles. The summed E-state index contributed by atoms with van der Waals surface area (Å²) in [7, 11) is 0. The van der Waals surface area contributed by atoms with E-state index in [1.54, 1.807) is 0 Å². The molecule has 0 spiro atoms. The standard InChI is InChI=1S/C20H22N4S/c1-20(2,19-23-16-9-5-6-10-17(16)24-19)13-25-12-11-18-21-14-7-3-4-8-15(14)22-18/h3-10H,11-13H2,1-2H3,(H,21,22)(H,23,24). The maximum Gasteiger partial charge on any atom is 0.113 e. The van der Waals surface area contributed by atoms with Crippen LogP contribution in [0, 0.1) is 0 Å². The number of aromatic nitrogens is 4. The molecule has 128 valence electrons. The molecule has 0 atom stereocenters. The van der Waals surface area contributed by atoms with Crippen molar-refractivity contribution in [2.75, 3.05) is 11.5 Å². The highest BCUT2D eigenvalue weighted by atomic mass is 32.2. The van der Waals surface area contributed by atoms with Gasteiger partial charge in [0.1, 0.15) is 11.6 Å². The lowest BCUT2D eigenvalue weighted by Crippen LogP contribution is -2.22. The van der Waals surface area contributed by atoms with E-state index in [4.69, 9.17) is 4.98 Å². The fourth-order valence-electron chi connectivity index (χ4n) is 2.96. The number of hydrogen-bond acceptors (Lipinski definition) is 3. The van der Waals surface area contributed by atoms with Crippen LogP contribution in [0.15, 0.2) is 48.5 Å². The highest BCUT2D eigenvalue weighted by Crippen LogP contribution is 2.27. The average molecular weight is 350 g/mol. The molecule has 4 rings (SSSR count). The largest absolute Gasteiger partial charge is 0.342 e. The van der Waals surface area contributed by atoms with Gasteiger partial charge in [-0.1, -0.05) is 38.1 Å². The van der Waals surface area contributed by atoms with Crippen LogP contribution >= 0.6 is 11.8 Å². The van der Waals surface area contributed by atoms with Crippen molar-refractivity contribution in [3.05, 3.63) is 60.2 Å². The number of imidazole rings is 2. The van der Waals surface area contributed by atoms with Crippen molar-refractivity contribution < 1.29 is 0 Å². The van der Waals surface area contributed by atoms with Crippen LogP contribution in [0.25, 0.3) is 22.1 Å². The summed E-state index contributed by atoms with van der Waals surface area (Å²) in [6.45, 7) is 4.50. The summed E-state index contributed by atoms with van der Waals surface area (Å²) in [5.74, 6) is 4.19. The fraction of sp³-hybridized carbons (Fsp3) is 0.300. The number of aryl methyl sites for hydroxylation is 1. The highest BCUT2D eigenvalue weighted by molar-refractivity contribution is 7.99. The molecule has 0 fully saturated rings. The number of para-hydroxylation sites is 4. The SMILES string of the molecule is CC(C)(CSCCc1nc2ccccc2[nH]1)c1nc2ccccc2[nH]1. The molecule has 0 aliphatic heterocycles. The van der Waals surface area contributed by atoms with Gasteiger partial charge in [0.05, 0.1) is 22.1 Å². The van der Waals surface area contributed by atoms with Crippen molar-refractivity contribution in [2.45, 2.75) is 25.7 Å². The molecule has 25 heavy (non-hydrogen) atoms. The molecule has 0 unspecified atom stereocenters. The van der Waals surface area contributed by atoms with Crippen molar-refractivity contribution >= 4 is 33.8 Å². The molecule has 4 aromatic rings. The molecule has 0 amide bonds. The van der Waals surface area contributed by atoms with E-state index in [1.165, 1.54) is 0 Å². The minimum Gasteiger partial charge on any atom is -0.342 e. The lowest BCUT2D eigenvalue weighted by atomic mass is 9.96. The predicted molar refractivity (Wildman–Crippen MR) is 106 cm³/mol. The van der Waals surface area contributed by atoms with Crippen LogP contribution in [0.3, 0.4) is 0 Å². The number of nitrogens with one attached hydrogen (secondary N) is 2. The van der Waals surface area contributed by atoms with E-state index in [9.17, 15) is 0 Å². The number of H-pyrrole nitrogens is 2. The van der Waals surface area contributed by atoms with Gasteiger partial charge in [0.25, 0.3) is 0 Å². The van der Waals surface area contributed by atoms with Gasteiger partial charge in [-0.3, -0.25) is 0 Å². The van der Waals surface area contributed by atoms with Crippen LogP contribution in [0.5, 0.6) is 0 Å². The number of aromatic amines is 2. The molecule has 0 aliphatic carbocycles. The van der Waals surface area contributed by atoms with Gasteiger partial charge in [-0.05, 0) is 24.3 Å². The molecule has 0 saturated carbocycles. The van der Waals surface area contributed by atoms with Crippen LogP contribution < -0.4 is 0 Å². The second kappa shape index (κ2) is 6.56. The van der Waals surface area contributed by atoms with E-state index in [1.807, 2.05) is 42.1 Å². The van der Waals surface area contributed by atoms with Crippen molar-refractivity contribution in [3.8, 4) is 0 Å². The van der Waals surface area contributed by atoms with Crippen LogP contribution in [-0.2, 0) is 11.8 Å². The second-order valence-electron chi connectivity index (χ2n) is 6.99. The van der Waals surface area contributed by atoms with Gasteiger partial charge in [-0.2, -0.15) is 11.8 Å². The maximum atomic E-state index is 4.76. The summed E-state index contributed by atoms with van der Waals surface area (Å²) in [4.78, 5) is 16.3. The Kier molecular flexibility index (Phi) is 4.25. The van der Waals surface area contributed by atoms with Gasteiger partial charge < -0.3 is 9.97 Å². The zero-order chi connectivity index (χ0) is 17.3. The third kappa shape index (κ3) is 3.42. The van der Waals surface area contributed by atoms with E-state index in [0.717, 1.165) is 51.6 Å². The van der Waals surface area contributed by atoms with Gasteiger partial charge in [-0.25, -0.2) is 9.97 Å². The monoisotopic (exact) mass is 350 g/mol. The Morgan fingerprint density at radius 1 is 0.880 bits per heavy atom. The number of fused-ring (bicyclic) bond motifs is 2. The maximum absolute atomic E-state index is 4.76. The molecule has 2 N–H and O–H groups in total. The molecule has 5 heteroatoms. The first-order chi connectivity index (χ1) is 12.1. The quantitative estimate of drug-likeness (QED) is 0.496. The van der Waals surface area contributed by atoms with Crippen LogP contribution in [0.1, 0.15) is 25.5 Å². The normalized spacial score (nSPS) is 12.2. The first-order valence-electron chi connectivity index (χ1n) is 8.58. The third-order valence-electron chi connectivity index (χ3n) is 4.41. The fourth-order valence-corrected chi connectivity index (χ4v) is 4.09. The van der Waals surface area contributed by atoms with E-state index < -0.39 is 0 Å². The van der Waals surface area contributed by atoms with Gasteiger partial charge >= 0.3 is 0 Å². The molecule has 0 aliphatic rings. The van der Waals surface area contributed by atoms with Crippen molar-refractivity contribution in [1.82, 2.24) is 19.9 Å². The average Bonchev–Trinajstić information content (AvgIpc) is 3.22. The van der Waals surface area contributed by atoms with Crippen LogP contribution in [0.4, 0.5) is 0 Å². The molecule has 2 heterocycles.